The Bertz CT molecular complexity index is 547. The highest BCUT2D eigenvalue weighted by molar-refractivity contribution is 6.31. The van der Waals surface area contributed by atoms with Crippen LogP contribution in [0.4, 0.5) is 0 Å². The lowest BCUT2D eigenvalue weighted by molar-refractivity contribution is 0.589. The van der Waals surface area contributed by atoms with Crippen LogP contribution in [0.15, 0.2) is 36.5 Å². The summed E-state index contributed by atoms with van der Waals surface area (Å²) in [5.74, 6) is 0. The first-order chi connectivity index (χ1) is 9.06. The van der Waals surface area contributed by atoms with Crippen molar-refractivity contribution in [3.05, 3.63) is 52.8 Å². The van der Waals surface area contributed by atoms with Crippen molar-refractivity contribution in [1.82, 2.24) is 10.3 Å². The Morgan fingerprint density at radius 2 is 1.89 bits per heavy atom. The summed E-state index contributed by atoms with van der Waals surface area (Å²) < 4.78 is 0. The molecule has 0 spiro atoms. The topological polar surface area (TPSA) is 24.9 Å². The Morgan fingerprint density at radius 1 is 1.16 bits per heavy atom. The third kappa shape index (κ3) is 3.79. The van der Waals surface area contributed by atoms with Gasteiger partial charge in [-0.25, -0.2) is 0 Å². The summed E-state index contributed by atoms with van der Waals surface area (Å²) in [4.78, 5) is 4.33. The van der Waals surface area contributed by atoms with E-state index in [9.17, 15) is 0 Å². The third-order valence-corrected chi connectivity index (χ3v) is 3.36. The van der Waals surface area contributed by atoms with Gasteiger partial charge in [0.05, 0.1) is 0 Å². The first-order valence-corrected chi connectivity index (χ1v) is 6.89. The summed E-state index contributed by atoms with van der Waals surface area (Å²) in [7, 11) is 0. The largest absolute Gasteiger partial charge is 0.310 e. The second-order valence-electron chi connectivity index (χ2n) is 5.03. The molecule has 0 radical (unpaired) electrons. The fourth-order valence-corrected chi connectivity index (χ4v) is 2.03. The SMILES string of the molecule is Cc1ccc(-c2ccc(Cl)c(CNC(C)C)c2)cn1. The number of hydrogen-bond donors (Lipinski definition) is 1. The van der Waals surface area contributed by atoms with Crippen molar-refractivity contribution in [3.8, 4) is 11.1 Å². The van der Waals surface area contributed by atoms with Crippen molar-refractivity contribution in [3.63, 3.8) is 0 Å². The molecule has 0 aliphatic rings. The van der Waals surface area contributed by atoms with E-state index in [1.165, 1.54) is 0 Å². The highest BCUT2D eigenvalue weighted by Crippen LogP contribution is 2.25. The number of aryl methyl sites for hydroxylation is 1. The van der Waals surface area contributed by atoms with Gasteiger partial charge in [-0.05, 0) is 36.2 Å². The molecular formula is C16H19ClN2. The minimum absolute atomic E-state index is 0.445. The molecule has 1 aromatic heterocycles. The van der Waals surface area contributed by atoms with E-state index < -0.39 is 0 Å². The molecule has 3 heteroatoms. The second-order valence-corrected chi connectivity index (χ2v) is 5.44. The molecule has 1 aromatic carbocycles. The van der Waals surface area contributed by atoms with E-state index in [0.717, 1.165) is 34.0 Å². The zero-order chi connectivity index (χ0) is 13.8. The molecule has 0 unspecified atom stereocenters. The van der Waals surface area contributed by atoms with Crippen LogP contribution < -0.4 is 5.32 Å². The van der Waals surface area contributed by atoms with Crippen molar-refractivity contribution in [1.29, 1.82) is 0 Å². The van der Waals surface area contributed by atoms with Gasteiger partial charge in [-0.1, -0.05) is 37.6 Å². The van der Waals surface area contributed by atoms with Gasteiger partial charge in [-0.15, -0.1) is 0 Å². The van der Waals surface area contributed by atoms with Crippen molar-refractivity contribution in [2.75, 3.05) is 0 Å². The number of benzene rings is 1. The number of aromatic nitrogens is 1. The molecule has 1 N–H and O–H groups in total. The predicted octanol–water partition coefficient (Wildman–Crippen LogP) is 4.21. The number of nitrogens with one attached hydrogen (secondary N) is 1. The lowest BCUT2D eigenvalue weighted by Gasteiger charge is -2.11. The number of hydrogen-bond acceptors (Lipinski definition) is 2. The van der Waals surface area contributed by atoms with Gasteiger partial charge in [-0.3, -0.25) is 4.98 Å². The van der Waals surface area contributed by atoms with E-state index >= 15 is 0 Å². The molecule has 0 aliphatic heterocycles. The van der Waals surface area contributed by atoms with Crippen LogP contribution in [0.2, 0.25) is 5.02 Å². The van der Waals surface area contributed by atoms with Gasteiger partial charge in [0.25, 0.3) is 0 Å². The molecule has 2 rings (SSSR count). The minimum atomic E-state index is 0.445. The van der Waals surface area contributed by atoms with Crippen molar-refractivity contribution < 1.29 is 0 Å². The number of rotatable bonds is 4. The van der Waals surface area contributed by atoms with Crippen LogP contribution >= 0.6 is 11.6 Å². The van der Waals surface area contributed by atoms with Gasteiger partial charge in [-0.2, -0.15) is 0 Å². The molecule has 0 atom stereocenters. The lowest BCUT2D eigenvalue weighted by Crippen LogP contribution is -2.21. The molecule has 1 heterocycles. The average molecular weight is 275 g/mol. The van der Waals surface area contributed by atoms with Gasteiger partial charge in [0.2, 0.25) is 0 Å². The molecule has 2 nitrogen and oxygen atoms in total. The van der Waals surface area contributed by atoms with Crippen LogP contribution in [0.3, 0.4) is 0 Å². The Balaban J connectivity index is 2.27. The van der Waals surface area contributed by atoms with Crippen molar-refractivity contribution >= 4 is 11.6 Å². The Labute approximate surface area is 119 Å². The van der Waals surface area contributed by atoms with Gasteiger partial charge in [0.1, 0.15) is 0 Å². The quantitative estimate of drug-likeness (QED) is 0.903. The monoisotopic (exact) mass is 274 g/mol. The molecule has 0 aliphatic carbocycles. The fraction of sp³-hybridized carbons (Fsp3) is 0.312. The van der Waals surface area contributed by atoms with E-state index in [4.69, 9.17) is 11.6 Å². The van der Waals surface area contributed by atoms with Crippen molar-refractivity contribution in [2.45, 2.75) is 33.4 Å². The normalized spacial score (nSPS) is 11.0. The molecule has 0 bridgehead atoms. The minimum Gasteiger partial charge on any atom is -0.310 e. The summed E-state index contributed by atoms with van der Waals surface area (Å²) in [6, 6.07) is 10.7. The van der Waals surface area contributed by atoms with E-state index in [-0.39, 0.29) is 0 Å². The van der Waals surface area contributed by atoms with Gasteiger partial charge in [0, 0.05) is 35.1 Å². The average Bonchev–Trinajstić information content (AvgIpc) is 2.39. The number of pyridine rings is 1. The summed E-state index contributed by atoms with van der Waals surface area (Å²) in [5, 5.41) is 4.19. The molecule has 0 amide bonds. The summed E-state index contributed by atoms with van der Waals surface area (Å²) in [6.07, 6.45) is 1.90. The zero-order valence-electron chi connectivity index (χ0n) is 11.6. The van der Waals surface area contributed by atoms with Crippen LogP contribution in [0.1, 0.15) is 25.1 Å². The summed E-state index contributed by atoms with van der Waals surface area (Å²) >= 11 is 6.24. The second kappa shape index (κ2) is 6.18. The van der Waals surface area contributed by atoms with Crippen LogP contribution in [-0.4, -0.2) is 11.0 Å². The first kappa shape index (κ1) is 14.0. The van der Waals surface area contributed by atoms with Gasteiger partial charge >= 0.3 is 0 Å². The van der Waals surface area contributed by atoms with Crippen LogP contribution in [0.25, 0.3) is 11.1 Å². The maximum atomic E-state index is 6.24. The Morgan fingerprint density at radius 3 is 2.53 bits per heavy atom. The maximum Gasteiger partial charge on any atom is 0.0451 e. The predicted molar refractivity (Wildman–Crippen MR) is 81.4 cm³/mol. The molecular weight excluding hydrogens is 256 g/mol. The smallest absolute Gasteiger partial charge is 0.0451 e. The van der Waals surface area contributed by atoms with E-state index in [1.54, 1.807) is 0 Å². The number of halogens is 1. The standard InChI is InChI=1S/C16H19ClN2/c1-11(2)18-10-15-8-13(6-7-16(15)17)14-5-4-12(3)19-9-14/h4-9,11,18H,10H2,1-3H3. The molecule has 0 saturated heterocycles. The Hall–Kier alpha value is -1.38. The first-order valence-electron chi connectivity index (χ1n) is 6.51. The Kier molecular flexibility index (Phi) is 4.56. The maximum absolute atomic E-state index is 6.24. The van der Waals surface area contributed by atoms with Crippen molar-refractivity contribution in [2.24, 2.45) is 0 Å². The molecule has 2 aromatic rings. The van der Waals surface area contributed by atoms with Crippen LogP contribution in [-0.2, 0) is 6.54 Å². The third-order valence-electron chi connectivity index (χ3n) is 2.99. The highest BCUT2D eigenvalue weighted by Gasteiger charge is 2.05. The van der Waals surface area contributed by atoms with Crippen LogP contribution in [0.5, 0.6) is 0 Å². The van der Waals surface area contributed by atoms with Crippen LogP contribution in [0, 0.1) is 6.92 Å². The molecule has 100 valence electrons. The van der Waals surface area contributed by atoms with Gasteiger partial charge < -0.3 is 5.32 Å². The lowest BCUT2D eigenvalue weighted by atomic mass is 10.0. The number of nitrogens with zero attached hydrogens (tertiary/aromatic N) is 1. The van der Waals surface area contributed by atoms with E-state index in [1.807, 2.05) is 31.3 Å². The molecule has 0 saturated carbocycles. The molecule has 19 heavy (non-hydrogen) atoms. The molecule has 0 fully saturated rings. The summed E-state index contributed by atoms with van der Waals surface area (Å²) in [5.41, 5.74) is 4.42. The highest BCUT2D eigenvalue weighted by atomic mass is 35.5. The zero-order valence-corrected chi connectivity index (χ0v) is 12.3. The fourth-order valence-electron chi connectivity index (χ4n) is 1.84. The summed E-state index contributed by atoms with van der Waals surface area (Å²) in [6.45, 7) is 7.02. The van der Waals surface area contributed by atoms with E-state index in [0.29, 0.717) is 6.04 Å². The van der Waals surface area contributed by atoms with E-state index in [2.05, 4.69) is 36.3 Å². The van der Waals surface area contributed by atoms with Gasteiger partial charge in [0.15, 0.2) is 0 Å².